The molecule has 1 amide bonds. The van der Waals surface area contributed by atoms with E-state index < -0.39 is 0 Å². The molecule has 19 heavy (non-hydrogen) atoms. The number of fused-ring (bicyclic) bond motifs is 1. The second-order valence-corrected chi connectivity index (χ2v) is 4.79. The van der Waals surface area contributed by atoms with E-state index in [1.807, 2.05) is 6.20 Å². The first-order chi connectivity index (χ1) is 9.20. The highest BCUT2D eigenvalue weighted by Crippen LogP contribution is 2.20. The zero-order chi connectivity index (χ0) is 13.7. The predicted molar refractivity (Wildman–Crippen MR) is 76.1 cm³/mol. The summed E-state index contributed by atoms with van der Waals surface area (Å²) in [6, 6.07) is 6.28. The number of aliphatic hydroxyl groups is 1. The second kappa shape index (κ2) is 6.38. The van der Waals surface area contributed by atoms with Gasteiger partial charge < -0.3 is 15.4 Å². The van der Waals surface area contributed by atoms with Crippen LogP contribution in [-0.2, 0) is 11.2 Å². The molecule has 0 atom stereocenters. The molecule has 1 aromatic heterocycles. The monoisotopic (exact) mass is 260 g/mol. The van der Waals surface area contributed by atoms with Crippen LogP contribution < -0.4 is 5.32 Å². The van der Waals surface area contributed by atoms with Crippen LogP contribution in [0.1, 0.15) is 24.0 Å². The zero-order valence-electron chi connectivity index (χ0n) is 11.2. The van der Waals surface area contributed by atoms with Gasteiger partial charge in [-0.1, -0.05) is 11.6 Å². The molecule has 0 saturated heterocycles. The number of carbonyl (C=O) groups excluding carboxylic acids is 1. The summed E-state index contributed by atoms with van der Waals surface area (Å²) in [5.74, 6) is 0.0375. The van der Waals surface area contributed by atoms with Gasteiger partial charge in [-0.25, -0.2) is 0 Å². The van der Waals surface area contributed by atoms with Gasteiger partial charge in [-0.3, -0.25) is 4.79 Å². The number of H-pyrrole nitrogens is 1. The predicted octanol–water partition coefficient (Wildman–Crippen LogP) is 1.91. The van der Waals surface area contributed by atoms with Gasteiger partial charge in [0.1, 0.15) is 0 Å². The average Bonchev–Trinajstić information content (AvgIpc) is 2.79. The Bertz CT molecular complexity index is 560. The maximum atomic E-state index is 11.6. The van der Waals surface area contributed by atoms with Crippen LogP contribution in [0.2, 0.25) is 0 Å². The van der Waals surface area contributed by atoms with Gasteiger partial charge in [0.2, 0.25) is 5.91 Å². The molecule has 0 spiro atoms. The van der Waals surface area contributed by atoms with Crippen LogP contribution in [0.15, 0.2) is 24.4 Å². The molecule has 102 valence electrons. The van der Waals surface area contributed by atoms with Crippen LogP contribution in [0.25, 0.3) is 10.9 Å². The van der Waals surface area contributed by atoms with E-state index in [2.05, 4.69) is 35.4 Å². The maximum absolute atomic E-state index is 11.6. The number of aryl methyl sites for hydroxylation is 2. The fraction of sp³-hybridized carbons (Fsp3) is 0.400. The van der Waals surface area contributed by atoms with Crippen LogP contribution in [-0.4, -0.2) is 29.1 Å². The topological polar surface area (TPSA) is 65.1 Å². The third-order valence-electron chi connectivity index (χ3n) is 3.20. The van der Waals surface area contributed by atoms with E-state index in [1.165, 1.54) is 16.5 Å². The van der Waals surface area contributed by atoms with Gasteiger partial charge >= 0.3 is 0 Å². The first kappa shape index (κ1) is 13.6. The van der Waals surface area contributed by atoms with E-state index in [0.717, 1.165) is 11.9 Å². The summed E-state index contributed by atoms with van der Waals surface area (Å²) in [4.78, 5) is 14.8. The molecule has 0 radical (unpaired) electrons. The van der Waals surface area contributed by atoms with Crippen LogP contribution >= 0.6 is 0 Å². The van der Waals surface area contributed by atoms with Gasteiger partial charge in [-0.05, 0) is 37.5 Å². The van der Waals surface area contributed by atoms with E-state index in [4.69, 9.17) is 5.11 Å². The maximum Gasteiger partial charge on any atom is 0.220 e. The first-order valence-corrected chi connectivity index (χ1v) is 6.65. The highest BCUT2D eigenvalue weighted by molar-refractivity contribution is 5.84. The van der Waals surface area contributed by atoms with Gasteiger partial charge in [0.05, 0.1) is 0 Å². The number of hydrogen-bond acceptors (Lipinski definition) is 2. The molecule has 0 aliphatic heterocycles. The Kier molecular flexibility index (Phi) is 4.58. The Labute approximate surface area is 112 Å². The lowest BCUT2D eigenvalue weighted by Crippen LogP contribution is -2.25. The van der Waals surface area contributed by atoms with Crippen molar-refractivity contribution in [1.82, 2.24) is 10.3 Å². The van der Waals surface area contributed by atoms with Crippen molar-refractivity contribution in [2.75, 3.05) is 13.2 Å². The van der Waals surface area contributed by atoms with Gasteiger partial charge in [0, 0.05) is 36.7 Å². The molecule has 4 nitrogen and oxygen atoms in total. The molecular formula is C15H20N2O2. The van der Waals surface area contributed by atoms with Crippen molar-refractivity contribution in [1.29, 1.82) is 0 Å². The van der Waals surface area contributed by atoms with Crippen molar-refractivity contribution in [3.05, 3.63) is 35.5 Å². The van der Waals surface area contributed by atoms with Gasteiger partial charge in [0.15, 0.2) is 0 Å². The molecule has 0 aliphatic rings. The van der Waals surface area contributed by atoms with Crippen LogP contribution in [0.5, 0.6) is 0 Å². The largest absolute Gasteiger partial charge is 0.396 e. The SMILES string of the molecule is Cc1ccc2[nH]cc(CCC(=O)NCCCO)c2c1. The number of benzene rings is 1. The summed E-state index contributed by atoms with van der Waals surface area (Å²) in [6.45, 7) is 2.72. The van der Waals surface area contributed by atoms with Crippen molar-refractivity contribution >= 4 is 16.8 Å². The number of aliphatic hydroxyl groups excluding tert-OH is 1. The van der Waals surface area contributed by atoms with Gasteiger partial charge in [0.25, 0.3) is 0 Å². The van der Waals surface area contributed by atoms with Crippen molar-refractivity contribution in [3.8, 4) is 0 Å². The molecule has 1 aromatic carbocycles. The van der Waals surface area contributed by atoms with Crippen molar-refractivity contribution in [3.63, 3.8) is 0 Å². The lowest BCUT2D eigenvalue weighted by molar-refractivity contribution is -0.121. The van der Waals surface area contributed by atoms with Gasteiger partial charge in [-0.15, -0.1) is 0 Å². The highest BCUT2D eigenvalue weighted by Gasteiger charge is 2.06. The third-order valence-corrected chi connectivity index (χ3v) is 3.20. The number of rotatable bonds is 6. The van der Waals surface area contributed by atoms with E-state index in [1.54, 1.807) is 0 Å². The molecule has 2 rings (SSSR count). The standard InChI is InChI=1S/C15H20N2O2/c1-11-3-5-14-13(9-11)12(10-17-14)4-6-15(19)16-7-2-8-18/h3,5,9-10,17-18H,2,4,6-8H2,1H3,(H,16,19). The van der Waals surface area contributed by atoms with Crippen LogP contribution in [0, 0.1) is 6.92 Å². The summed E-state index contributed by atoms with van der Waals surface area (Å²) in [5.41, 5.74) is 3.51. The Hall–Kier alpha value is -1.81. The van der Waals surface area contributed by atoms with Gasteiger partial charge in [-0.2, -0.15) is 0 Å². The summed E-state index contributed by atoms with van der Waals surface area (Å²) < 4.78 is 0. The minimum atomic E-state index is 0.0375. The fourth-order valence-electron chi connectivity index (χ4n) is 2.14. The highest BCUT2D eigenvalue weighted by atomic mass is 16.3. The molecule has 0 unspecified atom stereocenters. The molecule has 3 N–H and O–H groups in total. The fourth-order valence-corrected chi connectivity index (χ4v) is 2.14. The average molecular weight is 260 g/mol. The zero-order valence-corrected chi connectivity index (χ0v) is 11.2. The number of aromatic nitrogens is 1. The lowest BCUT2D eigenvalue weighted by Gasteiger charge is -2.03. The minimum absolute atomic E-state index is 0.0375. The summed E-state index contributed by atoms with van der Waals surface area (Å²) in [5, 5.41) is 12.6. The molecule has 2 aromatic rings. The number of nitrogens with one attached hydrogen (secondary N) is 2. The Morgan fingerprint density at radius 1 is 1.42 bits per heavy atom. The molecule has 0 aliphatic carbocycles. The van der Waals surface area contributed by atoms with Crippen LogP contribution in [0.3, 0.4) is 0 Å². The number of hydrogen-bond donors (Lipinski definition) is 3. The molecule has 0 fully saturated rings. The van der Waals surface area contributed by atoms with E-state index >= 15 is 0 Å². The summed E-state index contributed by atoms with van der Waals surface area (Å²) >= 11 is 0. The Balaban J connectivity index is 1.94. The minimum Gasteiger partial charge on any atom is -0.396 e. The second-order valence-electron chi connectivity index (χ2n) is 4.79. The van der Waals surface area contributed by atoms with E-state index in [9.17, 15) is 4.79 Å². The summed E-state index contributed by atoms with van der Waals surface area (Å²) in [6.07, 6.45) is 3.80. The third kappa shape index (κ3) is 3.58. The van der Waals surface area contributed by atoms with E-state index in [0.29, 0.717) is 19.4 Å². The molecule has 4 heteroatoms. The molecule has 1 heterocycles. The number of carbonyl (C=O) groups is 1. The molecular weight excluding hydrogens is 240 g/mol. The van der Waals surface area contributed by atoms with Crippen LogP contribution in [0.4, 0.5) is 0 Å². The van der Waals surface area contributed by atoms with Crippen molar-refractivity contribution in [2.24, 2.45) is 0 Å². The first-order valence-electron chi connectivity index (χ1n) is 6.65. The molecule has 0 bridgehead atoms. The van der Waals surface area contributed by atoms with Crippen molar-refractivity contribution < 1.29 is 9.90 Å². The summed E-state index contributed by atoms with van der Waals surface area (Å²) in [7, 11) is 0. The lowest BCUT2D eigenvalue weighted by atomic mass is 10.1. The normalized spacial score (nSPS) is 10.8. The molecule has 0 saturated carbocycles. The number of aromatic amines is 1. The Morgan fingerprint density at radius 3 is 3.05 bits per heavy atom. The van der Waals surface area contributed by atoms with E-state index in [-0.39, 0.29) is 12.5 Å². The number of amides is 1. The smallest absolute Gasteiger partial charge is 0.220 e. The van der Waals surface area contributed by atoms with Crippen molar-refractivity contribution in [2.45, 2.75) is 26.2 Å². The quantitative estimate of drug-likeness (QED) is 0.695. The Morgan fingerprint density at radius 2 is 2.26 bits per heavy atom.